The molecule has 1 fully saturated rings. The van der Waals surface area contributed by atoms with E-state index in [-0.39, 0.29) is 24.7 Å². The smallest absolute Gasteiger partial charge is 0.434 e. The fourth-order valence-corrected chi connectivity index (χ4v) is 4.78. The van der Waals surface area contributed by atoms with Crippen molar-refractivity contribution in [1.82, 2.24) is 34.3 Å². The minimum Gasteiger partial charge on any atom is -0.480 e. The largest absolute Gasteiger partial charge is 0.480 e. The summed E-state index contributed by atoms with van der Waals surface area (Å²) in [6, 6.07) is 6.98. The van der Waals surface area contributed by atoms with Crippen molar-refractivity contribution < 1.29 is 22.7 Å². The number of ether oxygens (including phenoxy) is 1. The Kier molecular flexibility index (Phi) is 6.07. The van der Waals surface area contributed by atoms with Gasteiger partial charge in [-0.15, -0.1) is 5.10 Å². The Hall–Kier alpha value is -4.29. The van der Waals surface area contributed by atoms with E-state index in [0.29, 0.717) is 47.8 Å². The van der Waals surface area contributed by atoms with Gasteiger partial charge in [0.1, 0.15) is 17.7 Å². The molecule has 202 valence electrons. The molecule has 6 rings (SSSR count). The van der Waals surface area contributed by atoms with Gasteiger partial charge in [0, 0.05) is 30.6 Å². The minimum atomic E-state index is -4.52. The molecular weight excluding hydrogens is 513 g/mol. The summed E-state index contributed by atoms with van der Waals surface area (Å²) in [6.45, 7) is 2.73. The van der Waals surface area contributed by atoms with Gasteiger partial charge in [-0.25, -0.2) is 19.6 Å². The number of fused-ring (bicyclic) bond motifs is 1. The molecule has 0 radical (unpaired) electrons. The van der Waals surface area contributed by atoms with E-state index in [9.17, 15) is 18.0 Å². The Morgan fingerprint density at radius 1 is 1.10 bits per heavy atom. The van der Waals surface area contributed by atoms with Crippen molar-refractivity contribution in [3.05, 3.63) is 53.7 Å². The highest BCUT2D eigenvalue weighted by Gasteiger charge is 2.36. The predicted molar refractivity (Wildman–Crippen MR) is 134 cm³/mol. The second-order valence-electron chi connectivity index (χ2n) is 9.54. The van der Waals surface area contributed by atoms with Crippen LogP contribution in [0.25, 0.3) is 22.8 Å². The Morgan fingerprint density at radius 2 is 1.87 bits per heavy atom. The molecule has 1 aliphatic carbocycles. The van der Waals surface area contributed by atoms with Crippen LogP contribution in [0, 0.1) is 0 Å². The average molecular weight is 539 g/mol. The predicted octanol–water partition coefficient (Wildman–Crippen LogP) is 4.46. The van der Waals surface area contributed by atoms with Gasteiger partial charge in [0.2, 0.25) is 17.7 Å². The van der Waals surface area contributed by atoms with Crippen LogP contribution in [-0.4, -0.2) is 47.3 Å². The molecule has 4 heterocycles. The molecule has 1 saturated carbocycles. The Labute approximate surface area is 221 Å². The number of rotatable bonds is 7. The lowest BCUT2D eigenvalue weighted by Gasteiger charge is -2.26. The van der Waals surface area contributed by atoms with Gasteiger partial charge in [-0.3, -0.25) is 9.69 Å². The Balaban J connectivity index is 1.29. The second kappa shape index (κ2) is 9.47. The first-order valence-electron chi connectivity index (χ1n) is 12.6. The topological polar surface area (TPSA) is 104 Å². The molecular formula is C26H25F3N8O2. The summed E-state index contributed by atoms with van der Waals surface area (Å²) in [7, 11) is 1.54. The summed E-state index contributed by atoms with van der Waals surface area (Å²) in [5.41, 5.74) is 1.90. The maximum atomic E-state index is 13.2. The van der Waals surface area contributed by atoms with Gasteiger partial charge in [-0.1, -0.05) is 24.3 Å². The number of nitrogens with zero attached hydrogens (tertiary/aromatic N) is 8. The summed E-state index contributed by atoms with van der Waals surface area (Å²) in [5.74, 6) is 1.66. The zero-order valence-corrected chi connectivity index (χ0v) is 21.3. The minimum absolute atomic E-state index is 0.0967. The van der Waals surface area contributed by atoms with E-state index in [4.69, 9.17) is 9.72 Å². The summed E-state index contributed by atoms with van der Waals surface area (Å²) in [4.78, 5) is 31.8. The molecule has 10 nitrogen and oxygen atoms in total. The summed E-state index contributed by atoms with van der Waals surface area (Å²) in [5, 5.41) is 4.67. The molecule has 0 bridgehead atoms. The van der Waals surface area contributed by atoms with Crippen molar-refractivity contribution in [3.8, 4) is 28.7 Å². The first kappa shape index (κ1) is 25.0. The standard InChI is InChI=1S/C26H25F3N8O2/c1-3-35-13-18(26(27,28)29)32-23(35)17-6-4-15(5-7-17)12-36-19(38)10-11-37-25(36)33-22(34-37)20-21(16-8-9-16)30-14-31-24(20)39-2/h4-7,13-14,16H,3,8-12H2,1-2H3. The van der Waals surface area contributed by atoms with Crippen molar-refractivity contribution in [2.45, 2.75) is 57.9 Å². The van der Waals surface area contributed by atoms with Gasteiger partial charge in [0.25, 0.3) is 0 Å². The molecule has 3 aromatic heterocycles. The van der Waals surface area contributed by atoms with Crippen LogP contribution < -0.4 is 9.64 Å². The molecule has 39 heavy (non-hydrogen) atoms. The van der Waals surface area contributed by atoms with E-state index >= 15 is 0 Å². The number of alkyl halides is 3. The number of carbonyl (C=O) groups is 1. The lowest BCUT2D eigenvalue weighted by molar-refractivity contribution is -0.140. The van der Waals surface area contributed by atoms with Crippen molar-refractivity contribution >= 4 is 11.9 Å². The van der Waals surface area contributed by atoms with Gasteiger partial charge in [-0.05, 0) is 25.3 Å². The van der Waals surface area contributed by atoms with Gasteiger partial charge >= 0.3 is 6.18 Å². The number of hydrogen-bond acceptors (Lipinski definition) is 7. The molecule has 1 amide bonds. The fourth-order valence-electron chi connectivity index (χ4n) is 4.78. The first-order chi connectivity index (χ1) is 18.8. The average Bonchev–Trinajstić information content (AvgIpc) is 3.53. The van der Waals surface area contributed by atoms with Crippen molar-refractivity contribution in [2.75, 3.05) is 12.0 Å². The molecule has 0 spiro atoms. The van der Waals surface area contributed by atoms with Crippen LogP contribution in [0.4, 0.5) is 19.1 Å². The second-order valence-corrected chi connectivity index (χ2v) is 9.54. The number of imidazole rings is 1. The van der Waals surface area contributed by atoms with E-state index in [2.05, 4.69) is 20.1 Å². The van der Waals surface area contributed by atoms with E-state index in [0.717, 1.165) is 30.3 Å². The van der Waals surface area contributed by atoms with E-state index in [1.807, 2.05) is 0 Å². The number of hydrogen-bond donors (Lipinski definition) is 0. The number of halogens is 3. The third-order valence-corrected chi connectivity index (χ3v) is 6.92. The van der Waals surface area contributed by atoms with Gasteiger partial charge in [0.15, 0.2) is 11.5 Å². The lowest BCUT2D eigenvalue weighted by Crippen LogP contribution is -2.37. The van der Waals surface area contributed by atoms with Crippen molar-refractivity contribution in [2.24, 2.45) is 0 Å². The number of benzene rings is 1. The molecule has 0 N–H and O–H groups in total. The molecule has 0 unspecified atom stereocenters. The molecule has 1 aliphatic heterocycles. The Morgan fingerprint density at radius 3 is 2.54 bits per heavy atom. The highest BCUT2D eigenvalue weighted by atomic mass is 19.4. The zero-order chi connectivity index (χ0) is 27.3. The van der Waals surface area contributed by atoms with Crippen LogP contribution in [0.15, 0.2) is 36.8 Å². The van der Waals surface area contributed by atoms with Gasteiger partial charge < -0.3 is 9.30 Å². The molecule has 1 aromatic carbocycles. The Bertz CT molecular complexity index is 1540. The molecule has 0 atom stereocenters. The number of anilines is 1. The zero-order valence-electron chi connectivity index (χ0n) is 21.3. The number of aryl methyl sites for hydroxylation is 2. The van der Waals surface area contributed by atoms with Crippen LogP contribution >= 0.6 is 0 Å². The third kappa shape index (κ3) is 4.61. The van der Waals surface area contributed by atoms with Crippen molar-refractivity contribution in [1.29, 1.82) is 0 Å². The monoisotopic (exact) mass is 538 g/mol. The highest BCUT2D eigenvalue weighted by molar-refractivity contribution is 5.93. The van der Waals surface area contributed by atoms with Crippen LogP contribution in [-0.2, 0) is 30.6 Å². The van der Waals surface area contributed by atoms with Crippen LogP contribution in [0.1, 0.15) is 49.1 Å². The van der Waals surface area contributed by atoms with Crippen LogP contribution in [0.3, 0.4) is 0 Å². The summed E-state index contributed by atoms with van der Waals surface area (Å²) in [6.07, 6.45) is 0.284. The maximum absolute atomic E-state index is 13.2. The third-order valence-electron chi connectivity index (χ3n) is 6.92. The molecule has 4 aromatic rings. The molecule has 2 aliphatic rings. The van der Waals surface area contributed by atoms with Gasteiger partial charge in [0.05, 0.1) is 25.9 Å². The first-order valence-corrected chi connectivity index (χ1v) is 12.6. The van der Waals surface area contributed by atoms with Gasteiger partial charge in [-0.2, -0.15) is 18.2 Å². The van der Waals surface area contributed by atoms with E-state index in [1.165, 1.54) is 18.0 Å². The lowest BCUT2D eigenvalue weighted by atomic mass is 10.1. The van der Waals surface area contributed by atoms with Crippen LogP contribution in [0.2, 0.25) is 0 Å². The van der Waals surface area contributed by atoms with Crippen molar-refractivity contribution in [3.63, 3.8) is 0 Å². The maximum Gasteiger partial charge on any atom is 0.434 e. The summed E-state index contributed by atoms with van der Waals surface area (Å²) >= 11 is 0. The number of methoxy groups -OCH3 is 1. The number of carbonyl (C=O) groups excluding carboxylic acids is 1. The quantitative estimate of drug-likeness (QED) is 0.342. The van der Waals surface area contributed by atoms with Crippen LogP contribution in [0.5, 0.6) is 5.88 Å². The highest BCUT2D eigenvalue weighted by Crippen LogP contribution is 2.45. The fraction of sp³-hybridized carbons (Fsp3) is 0.385. The number of amides is 1. The SMILES string of the molecule is CCn1cc(C(F)(F)F)nc1-c1ccc(CN2C(=O)CCn3nc(-c4c(OC)ncnc4C4CC4)nc32)cc1. The molecule has 0 saturated heterocycles. The normalized spacial score (nSPS) is 15.5. The number of aromatic nitrogens is 7. The summed E-state index contributed by atoms with van der Waals surface area (Å²) < 4.78 is 48.2. The van der Waals surface area contributed by atoms with E-state index < -0.39 is 11.9 Å². The van der Waals surface area contributed by atoms with E-state index in [1.54, 1.807) is 40.8 Å². The molecule has 13 heteroatoms.